The second-order valence-electron chi connectivity index (χ2n) is 3.43. The van der Waals surface area contributed by atoms with Crippen LogP contribution in [0.15, 0.2) is 10.8 Å². The van der Waals surface area contributed by atoms with E-state index in [1.807, 2.05) is 6.92 Å². The molecule has 0 spiro atoms. The Labute approximate surface area is 100 Å². The lowest BCUT2D eigenvalue weighted by Crippen LogP contribution is -2.04. The quantitative estimate of drug-likeness (QED) is 0.915. The van der Waals surface area contributed by atoms with Gasteiger partial charge < -0.3 is 5.11 Å². The van der Waals surface area contributed by atoms with Crippen LogP contribution in [0.3, 0.4) is 0 Å². The molecule has 2 heterocycles. The molecular weight excluding hydrogens is 274 g/mol. The molecule has 0 saturated heterocycles. The molecule has 0 saturated carbocycles. The van der Waals surface area contributed by atoms with E-state index in [0.717, 1.165) is 0 Å². The van der Waals surface area contributed by atoms with Crippen LogP contribution in [0.5, 0.6) is 0 Å². The van der Waals surface area contributed by atoms with Gasteiger partial charge >= 0.3 is 5.97 Å². The molecule has 0 fully saturated rings. The minimum Gasteiger partial charge on any atom is -0.478 e. The van der Waals surface area contributed by atoms with E-state index in [0.29, 0.717) is 27.6 Å². The Morgan fingerprint density at radius 2 is 2.31 bits per heavy atom. The average Bonchev–Trinajstić information content (AvgIpc) is 2.53. The summed E-state index contributed by atoms with van der Waals surface area (Å²) in [4.78, 5) is 15.5. The monoisotopic (exact) mass is 283 g/mol. The predicted molar refractivity (Wildman–Crippen MR) is 62.5 cm³/mol. The molecule has 84 valence electrons. The normalized spacial score (nSPS) is 10.9. The van der Waals surface area contributed by atoms with E-state index < -0.39 is 5.97 Å². The van der Waals surface area contributed by atoms with Crippen molar-refractivity contribution >= 4 is 32.9 Å². The number of nitrogens with zero attached hydrogens (tertiary/aromatic N) is 3. The van der Waals surface area contributed by atoms with Crippen LogP contribution in [-0.4, -0.2) is 25.8 Å². The first-order valence-electron chi connectivity index (χ1n) is 4.79. The number of hydrogen-bond acceptors (Lipinski definition) is 3. The second kappa shape index (κ2) is 3.86. The molecule has 2 aromatic heterocycles. The maximum absolute atomic E-state index is 11.3. The van der Waals surface area contributed by atoms with Crippen molar-refractivity contribution in [3.8, 4) is 0 Å². The molecule has 2 rings (SSSR count). The SMILES string of the molecule is CCc1cnc2c(c(Br)nn2C)c1C(=O)O. The van der Waals surface area contributed by atoms with Crippen LogP contribution in [-0.2, 0) is 13.5 Å². The first kappa shape index (κ1) is 11.1. The van der Waals surface area contributed by atoms with E-state index >= 15 is 0 Å². The van der Waals surface area contributed by atoms with Crippen molar-refractivity contribution in [1.29, 1.82) is 0 Å². The zero-order valence-electron chi connectivity index (χ0n) is 8.86. The van der Waals surface area contributed by atoms with Gasteiger partial charge in [-0.3, -0.25) is 0 Å². The first-order chi connectivity index (χ1) is 7.56. The Bertz CT molecular complexity index is 577. The lowest BCUT2D eigenvalue weighted by atomic mass is 10.1. The van der Waals surface area contributed by atoms with Crippen LogP contribution < -0.4 is 0 Å². The van der Waals surface area contributed by atoms with Gasteiger partial charge in [-0.15, -0.1) is 0 Å². The minimum atomic E-state index is -0.946. The van der Waals surface area contributed by atoms with Crippen LogP contribution in [0, 0.1) is 0 Å². The van der Waals surface area contributed by atoms with Gasteiger partial charge in [0.25, 0.3) is 0 Å². The zero-order chi connectivity index (χ0) is 11.9. The Balaban J connectivity index is 2.93. The molecule has 5 nitrogen and oxygen atoms in total. The number of rotatable bonds is 2. The number of aryl methyl sites for hydroxylation is 2. The molecule has 2 aromatic rings. The maximum atomic E-state index is 11.3. The van der Waals surface area contributed by atoms with Gasteiger partial charge in [0.1, 0.15) is 4.60 Å². The number of carboxylic acid groups (broad SMARTS) is 1. The highest BCUT2D eigenvalue weighted by Gasteiger charge is 2.19. The summed E-state index contributed by atoms with van der Waals surface area (Å²) in [6.45, 7) is 1.90. The fourth-order valence-electron chi connectivity index (χ4n) is 1.72. The van der Waals surface area contributed by atoms with Crippen LogP contribution in [0.25, 0.3) is 11.0 Å². The van der Waals surface area contributed by atoms with Crippen molar-refractivity contribution < 1.29 is 9.90 Å². The summed E-state index contributed by atoms with van der Waals surface area (Å²) in [6, 6.07) is 0. The number of aromatic nitrogens is 3. The summed E-state index contributed by atoms with van der Waals surface area (Å²) < 4.78 is 2.08. The summed E-state index contributed by atoms with van der Waals surface area (Å²) in [5, 5.41) is 13.9. The van der Waals surface area contributed by atoms with Gasteiger partial charge in [-0.05, 0) is 27.9 Å². The molecule has 0 amide bonds. The predicted octanol–water partition coefficient (Wildman–Crippen LogP) is 1.99. The second-order valence-corrected chi connectivity index (χ2v) is 4.18. The highest BCUT2D eigenvalue weighted by molar-refractivity contribution is 9.10. The van der Waals surface area contributed by atoms with E-state index in [1.165, 1.54) is 0 Å². The first-order valence-corrected chi connectivity index (χ1v) is 5.59. The van der Waals surface area contributed by atoms with Gasteiger partial charge in [0.2, 0.25) is 0 Å². The molecule has 0 atom stereocenters. The average molecular weight is 284 g/mol. The van der Waals surface area contributed by atoms with Crippen molar-refractivity contribution in [2.45, 2.75) is 13.3 Å². The highest BCUT2D eigenvalue weighted by Crippen LogP contribution is 2.27. The summed E-state index contributed by atoms with van der Waals surface area (Å²) in [7, 11) is 1.73. The Kier molecular flexibility index (Phi) is 2.67. The number of pyridine rings is 1. The van der Waals surface area contributed by atoms with E-state index in [1.54, 1.807) is 17.9 Å². The molecule has 0 radical (unpaired) electrons. The molecular formula is C10H10BrN3O2. The summed E-state index contributed by atoms with van der Waals surface area (Å²) >= 11 is 3.26. The van der Waals surface area contributed by atoms with Gasteiger partial charge in [0, 0.05) is 13.2 Å². The van der Waals surface area contributed by atoms with Crippen LogP contribution in [0.1, 0.15) is 22.8 Å². The third kappa shape index (κ3) is 1.49. The van der Waals surface area contributed by atoms with Gasteiger partial charge in [-0.25, -0.2) is 14.5 Å². The number of halogens is 1. The van der Waals surface area contributed by atoms with E-state index in [2.05, 4.69) is 26.0 Å². The third-order valence-electron chi connectivity index (χ3n) is 2.48. The highest BCUT2D eigenvalue weighted by atomic mass is 79.9. The lowest BCUT2D eigenvalue weighted by molar-refractivity contribution is 0.0698. The minimum absolute atomic E-state index is 0.285. The van der Waals surface area contributed by atoms with Gasteiger partial charge in [0.15, 0.2) is 5.65 Å². The smallest absolute Gasteiger partial charge is 0.336 e. The van der Waals surface area contributed by atoms with E-state index in [4.69, 9.17) is 0 Å². The topological polar surface area (TPSA) is 68.0 Å². The van der Waals surface area contributed by atoms with Gasteiger partial charge in [0.05, 0.1) is 10.9 Å². The fraction of sp³-hybridized carbons (Fsp3) is 0.300. The van der Waals surface area contributed by atoms with Crippen molar-refractivity contribution in [1.82, 2.24) is 14.8 Å². The molecule has 6 heteroatoms. The van der Waals surface area contributed by atoms with Crippen LogP contribution in [0.2, 0.25) is 0 Å². The third-order valence-corrected chi connectivity index (χ3v) is 3.04. The number of carbonyl (C=O) groups is 1. The fourth-order valence-corrected chi connectivity index (χ4v) is 2.34. The van der Waals surface area contributed by atoms with Crippen molar-refractivity contribution in [2.24, 2.45) is 7.05 Å². The maximum Gasteiger partial charge on any atom is 0.336 e. The molecule has 0 unspecified atom stereocenters. The standard InChI is InChI=1S/C10H10BrN3O2/c1-3-5-4-12-9-7(6(5)10(15)16)8(11)13-14(9)2/h4H,3H2,1-2H3,(H,15,16). The summed E-state index contributed by atoms with van der Waals surface area (Å²) in [5.74, 6) is -0.946. The van der Waals surface area contributed by atoms with Crippen molar-refractivity contribution in [3.63, 3.8) is 0 Å². The Hall–Kier alpha value is -1.43. The molecule has 0 aliphatic heterocycles. The number of carboxylic acids is 1. The number of hydrogen-bond donors (Lipinski definition) is 1. The number of aromatic carboxylic acids is 1. The van der Waals surface area contributed by atoms with Crippen molar-refractivity contribution in [2.75, 3.05) is 0 Å². The molecule has 0 bridgehead atoms. The molecule has 1 N–H and O–H groups in total. The Morgan fingerprint density at radius 1 is 1.62 bits per heavy atom. The van der Waals surface area contributed by atoms with Crippen LogP contribution >= 0.6 is 15.9 Å². The van der Waals surface area contributed by atoms with Crippen LogP contribution in [0.4, 0.5) is 0 Å². The number of fused-ring (bicyclic) bond motifs is 1. The summed E-state index contributed by atoms with van der Waals surface area (Å²) in [5.41, 5.74) is 1.57. The molecule has 0 aromatic carbocycles. The molecule has 16 heavy (non-hydrogen) atoms. The van der Waals surface area contributed by atoms with E-state index in [-0.39, 0.29) is 5.56 Å². The van der Waals surface area contributed by atoms with Gasteiger partial charge in [-0.1, -0.05) is 6.92 Å². The van der Waals surface area contributed by atoms with E-state index in [9.17, 15) is 9.90 Å². The largest absolute Gasteiger partial charge is 0.478 e. The van der Waals surface area contributed by atoms with Crippen molar-refractivity contribution in [3.05, 3.63) is 21.9 Å². The lowest BCUT2D eigenvalue weighted by Gasteiger charge is -2.04. The Morgan fingerprint density at radius 3 is 2.88 bits per heavy atom. The molecule has 0 aliphatic rings. The van der Waals surface area contributed by atoms with Gasteiger partial charge in [-0.2, -0.15) is 5.10 Å². The molecule has 0 aliphatic carbocycles. The summed E-state index contributed by atoms with van der Waals surface area (Å²) in [6.07, 6.45) is 2.23. The zero-order valence-corrected chi connectivity index (χ0v) is 10.4.